The molecule has 88 valence electrons. The maximum absolute atomic E-state index is 10.5. The summed E-state index contributed by atoms with van der Waals surface area (Å²) in [6.45, 7) is 5.28. The first kappa shape index (κ1) is 12.5. The third kappa shape index (κ3) is 4.20. The Hall–Kier alpha value is -0.570. The van der Waals surface area contributed by atoms with Crippen molar-refractivity contribution in [3.8, 4) is 0 Å². The maximum Gasteiger partial charge on any atom is 0.304 e. The average molecular weight is 213 g/mol. The first-order valence-electron chi connectivity index (χ1n) is 5.91. The number of aliphatic carboxylic acids is 1. The van der Waals surface area contributed by atoms with Gasteiger partial charge in [-0.25, -0.2) is 0 Å². The van der Waals surface area contributed by atoms with Crippen LogP contribution in [0.1, 0.15) is 39.5 Å². The van der Waals surface area contributed by atoms with Crippen molar-refractivity contribution in [3.63, 3.8) is 0 Å². The SMILES string of the molecule is CC1CC(C)CC(N(C)CCC(=O)O)C1. The second-order valence-corrected chi connectivity index (χ2v) is 5.20. The van der Waals surface area contributed by atoms with E-state index in [4.69, 9.17) is 5.11 Å². The number of carboxylic acids is 1. The van der Waals surface area contributed by atoms with Gasteiger partial charge < -0.3 is 10.0 Å². The van der Waals surface area contributed by atoms with Crippen molar-refractivity contribution in [2.75, 3.05) is 13.6 Å². The summed E-state index contributed by atoms with van der Waals surface area (Å²) in [5.74, 6) is 0.871. The molecule has 15 heavy (non-hydrogen) atoms. The van der Waals surface area contributed by atoms with Crippen LogP contribution in [0.15, 0.2) is 0 Å². The lowest BCUT2D eigenvalue weighted by molar-refractivity contribution is -0.137. The lowest BCUT2D eigenvalue weighted by atomic mass is 9.80. The highest BCUT2D eigenvalue weighted by molar-refractivity contribution is 5.66. The second kappa shape index (κ2) is 5.50. The minimum Gasteiger partial charge on any atom is -0.481 e. The Bertz CT molecular complexity index is 208. The summed E-state index contributed by atoms with van der Waals surface area (Å²) in [7, 11) is 2.05. The highest BCUT2D eigenvalue weighted by atomic mass is 16.4. The van der Waals surface area contributed by atoms with Gasteiger partial charge in [-0.05, 0) is 38.1 Å². The number of hydrogen-bond acceptors (Lipinski definition) is 2. The fourth-order valence-electron chi connectivity index (χ4n) is 2.72. The fraction of sp³-hybridized carbons (Fsp3) is 0.917. The Labute approximate surface area is 92.5 Å². The van der Waals surface area contributed by atoms with Gasteiger partial charge in [0.1, 0.15) is 0 Å². The lowest BCUT2D eigenvalue weighted by Gasteiger charge is -2.37. The highest BCUT2D eigenvalue weighted by Crippen LogP contribution is 2.30. The smallest absolute Gasteiger partial charge is 0.304 e. The van der Waals surface area contributed by atoms with Gasteiger partial charge in [-0.3, -0.25) is 4.79 Å². The number of nitrogens with zero attached hydrogens (tertiary/aromatic N) is 1. The highest BCUT2D eigenvalue weighted by Gasteiger charge is 2.26. The van der Waals surface area contributed by atoms with Crippen LogP contribution < -0.4 is 0 Å². The molecule has 0 aromatic rings. The van der Waals surface area contributed by atoms with Gasteiger partial charge in [-0.2, -0.15) is 0 Å². The predicted molar refractivity (Wildman–Crippen MR) is 60.8 cm³/mol. The van der Waals surface area contributed by atoms with Gasteiger partial charge in [-0.15, -0.1) is 0 Å². The molecule has 1 aliphatic rings. The van der Waals surface area contributed by atoms with Gasteiger partial charge in [-0.1, -0.05) is 13.8 Å². The standard InChI is InChI=1S/C12H23NO2/c1-9-6-10(2)8-11(7-9)13(3)5-4-12(14)15/h9-11H,4-8H2,1-3H3,(H,14,15). The largest absolute Gasteiger partial charge is 0.481 e. The average Bonchev–Trinajstić information content (AvgIpc) is 2.12. The Morgan fingerprint density at radius 1 is 1.27 bits per heavy atom. The third-order valence-corrected chi connectivity index (χ3v) is 3.46. The van der Waals surface area contributed by atoms with Gasteiger partial charge in [0.25, 0.3) is 0 Å². The molecule has 0 bridgehead atoms. The minimum atomic E-state index is -0.696. The van der Waals surface area contributed by atoms with Crippen molar-refractivity contribution in [1.82, 2.24) is 4.90 Å². The van der Waals surface area contributed by atoms with E-state index >= 15 is 0 Å². The van der Waals surface area contributed by atoms with Crippen LogP contribution >= 0.6 is 0 Å². The molecule has 0 amide bonds. The van der Waals surface area contributed by atoms with Crippen molar-refractivity contribution in [2.24, 2.45) is 11.8 Å². The zero-order valence-electron chi connectivity index (χ0n) is 10.1. The van der Waals surface area contributed by atoms with E-state index in [1.54, 1.807) is 0 Å². The summed E-state index contributed by atoms with van der Waals surface area (Å²) < 4.78 is 0. The molecule has 0 saturated heterocycles. The molecule has 0 heterocycles. The molecule has 1 rings (SSSR count). The molecule has 1 N–H and O–H groups in total. The zero-order valence-corrected chi connectivity index (χ0v) is 10.1. The van der Waals surface area contributed by atoms with Crippen LogP contribution in [0.3, 0.4) is 0 Å². The van der Waals surface area contributed by atoms with E-state index in [0.29, 0.717) is 12.6 Å². The topological polar surface area (TPSA) is 40.5 Å². The third-order valence-electron chi connectivity index (χ3n) is 3.46. The Morgan fingerprint density at radius 3 is 2.27 bits per heavy atom. The quantitative estimate of drug-likeness (QED) is 0.778. The fourth-order valence-corrected chi connectivity index (χ4v) is 2.72. The summed E-state index contributed by atoms with van der Waals surface area (Å²) in [5.41, 5.74) is 0. The van der Waals surface area contributed by atoms with Crippen LogP contribution in [-0.4, -0.2) is 35.6 Å². The van der Waals surface area contributed by atoms with Crippen LogP contribution in [0.2, 0.25) is 0 Å². The molecule has 1 fully saturated rings. The van der Waals surface area contributed by atoms with E-state index in [-0.39, 0.29) is 6.42 Å². The summed E-state index contributed by atoms with van der Waals surface area (Å²) in [5, 5.41) is 8.64. The van der Waals surface area contributed by atoms with Gasteiger partial charge in [0.2, 0.25) is 0 Å². The van der Waals surface area contributed by atoms with Gasteiger partial charge >= 0.3 is 5.97 Å². The molecule has 0 spiro atoms. The number of rotatable bonds is 4. The molecular formula is C12H23NO2. The van der Waals surface area contributed by atoms with Crippen molar-refractivity contribution < 1.29 is 9.90 Å². The lowest BCUT2D eigenvalue weighted by Crippen LogP contribution is -2.38. The van der Waals surface area contributed by atoms with E-state index in [2.05, 4.69) is 25.8 Å². The molecule has 2 atom stereocenters. The Kier molecular flexibility index (Phi) is 4.58. The molecule has 0 aliphatic heterocycles. The normalized spacial score (nSPS) is 31.9. The van der Waals surface area contributed by atoms with Crippen LogP contribution in [0.5, 0.6) is 0 Å². The van der Waals surface area contributed by atoms with E-state index in [0.717, 1.165) is 11.8 Å². The second-order valence-electron chi connectivity index (χ2n) is 5.20. The van der Waals surface area contributed by atoms with Gasteiger partial charge in [0.05, 0.1) is 6.42 Å². The number of carbonyl (C=O) groups is 1. The minimum absolute atomic E-state index is 0.260. The maximum atomic E-state index is 10.5. The molecule has 1 saturated carbocycles. The Morgan fingerprint density at radius 2 is 1.80 bits per heavy atom. The molecular weight excluding hydrogens is 190 g/mol. The van der Waals surface area contributed by atoms with Gasteiger partial charge in [0.15, 0.2) is 0 Å². The molecule has 0 aromatic heterocycles. The van der Waals surface area contributed by atoms with Gasteiger partial charge in [0, 0.05) is 12.6 Å². The predicted octanol–water partition coefficient (Wildman–Crippen LogP) is 2.22. The molecule has 0 aromatic carbocycles. The molecule has 3 heteroatoms. The van der Waals surface area contributed by atoms with Crippen LogP contribution in [0, 0.1) is 11.8 Å². The van der Waals surface area contributed by atoms with Crippen LogP contribution in [-0.2, 0) is 4.79 Å². The molecule has 1 aliphatic carbocycles. The van der Waals surface area contributed by atoms with Crippen molar-refractivity contribution in [1.29, 1.82) is 0 Å². The first-order valence-corrected chi connectivity index (χ1v) is 5.91. The number of hydrogen-bond donors (Lipinski definition) is 1. The van der Waals surface area contributed by atoms with Crippen LogP contribution in [0.4, 0.5) is 0 Å². The molecule has 3 nitrogen and oxygen atoms in total. The van der Waals surface area contributed by atoms with E-state index < -0.39 is 5.97 Å². The van der Waals surface area contributed by atoms with Crippen LogP contribution in [0.25, 0.3) is 0 Å². The zero-order chi connectivity index (χ0) is 11.4. The van der Waals surface area contributed by atoms with E-state index in [1.165, 1.54) is 19.3 Å². The monoisotopic (exact) mass is 213 g/mol. The summed E-state index contributed by atoms with van der Waals surface area (Å²) in [4.78, 5) is 12.7. The first-order chi connectivity index (χ1) is 6.99. The summed E-state index contributed by atoms with van der Waals surface area (Å²) in [6, 6.07) is 0.586. The summed E-state index contributed by atoms with van der Waals surface area (Å²) in [6.07, 6.45) is 4.03. The number of carboxylic acid groups (broad SMARTS) is 1. The van der Waals surface area contributed by atoms with E-state index in [1.807, 2.05) is 0 Å². The Balaban J connectivity index is 2.37. The van der Waals surface area contributed by atoms with Crippen molar-refractivity contribution in [2.45, 2.75) is 45.6 Å². The molecule has 0 radical (unpaired) electrons. The van der Waals surface area contributed by atoms with Crippen molar-refractivity contribution in [3.05, 3.63) is 0 Å². The van der Waals surface area contributed by atoms with E-state index in [9.17, 15) is 4.79 Å². The summed E-state index contributed by atoms with van der Waals surface area (Å²) >= 11 is 0. The molecule has 2 unspecified atom stereocenters. The van der Waals surface area contributed by atoms with Crippen molar-refractivity contribution >= 4 is 5.97 Å².